The Labute approximate surface area is 234 Å². The molecule has 10 heteroatoms. The van der Waals surface area contributed by atoms with Crippen LogP contribution in [-0.4, -0.2) is 43.3 Å². The van der Waals surface area contributed by atoms with Gasteiger partial charge in [0.05, 0.1) is 15.6 Å². The third-order valence-electron chi connectivity index (χ3n) is 5.65. The van der Waals surface area contributed by atoms with Crippen molar-refractivity contribution in [2.75, 3.05) is 10.8 Å². The van der Waals surface area contributed by atoms with E-state index >= 15 is 0 Å². The fourth-order valence-electron chi connectivity index (χ4n) is 3.75. The third-order valence-corrected chi connectivity index (χ3v) is 7.98. The van der Waals surface area contributed by atoms with Crippen molar-refractivity contribution in [1.29, 1.82) is 0 Å². The summed E-state index contributed by atoms with van der Waals surface area (Å²) in [5.41, 5.74) is 0.321. The Hall–Kier alpha value is -3.07. The minimum Gasteiger partial charge on any atom is -0.350 e. The van der Waals surface area contributed by atoms with E-state index in [9.17, 15) is 18.0 Å². The minimum atomic E-state index is -4.23. The van der Waals surface area contributed by atoms with Crippen LogP contribution >= 0.6 is 23.2 Å². The summed E-state index contributed by atoms with van der Waals surface area (Å²) < 4.78 is 28.5. The lowest BCUT2D eigenvalue weighted by Crippen LogP contribution is -2.54. The molecule has 1 N–H and O–H groups in total. The number of benzene rings is 3. The quantitative estimate of drug-likeness (QED) is 0.364. The van der Waals surface area contributed by atoms with Crippen LogP contribution in [0.2, 0.25) is 10.0 Å². The van der Waals surface area contributed by atoms with E-state index in [1.165, 1.54) is 35.2 Å². The Bertz CT molecular complexity index is 1380. The number of hydrogen-bond donors (Lipinski definition) is 1. The standard InChI is InChI=1S/C28H31Cl2N3O4S/c1-20(27(35)31-28(2,3)4)32(18-21-11-7-5-8-12-21)26(34)19-33(25-17-22(29)15-16-24(25)30)38(36,37)23-13-9-6-10-14-23/h5-17,20H,18-19H2,1-4H3,(H,31,35). The molecule has 0 aliphatic rings. The monoisotopic (exact) mass is 575 g/mol. The lowest BCUT2D eigenvalue weighted by molar-refractivity contribution is -0.140. The van der Waals surface area contributed by atoms with Crippen LogP contribution in [0.4, 0.5) is 5.69 Å². The number of nitrogens with zero attached hydrogens (tertiary/aromatic N) is 2. The fraction of sp³-hybridized carbons (Fsp3) is 0.286. The van der Waals surface area contributed by atoms with Crippen molar-refractivity contribution in [3.05, 3.63) is 94.5 Å². The Morgan fingerprint density at radius 2 is 1.50 bits per heavy atom. The summed E-state index contributed by atoms with van der Waals surface area (Å²) in [7, 11) is -4.23. The Morgan fingerprint density at radius 3 is 2.08 bits per heavy atom. The number of carbonyl (C=O) groups excluding carboxylic acids is 2. The molecular formula is C28H31Cl2N3O4S. The molecule has 7 nitrogen and oxygen atoms in total. The molecule has 0 spiro atoms. The molecule has 0 saturated heterocycles. The highest BCUT2D eigenvalue weighted by molar-refractivity contribution is 7.92. The molecule has 0 aromatic heterocycles. The van der Waals surface area contributed by atoms with Crippen LogP contribution in [0.25, 0.3) is 0 Å². The summed E-state index contributed by atoms with van der Waals surface area (Å²) in [6.45, 7) is 6.64. The largest absolute Gasteiger partial charge is 0.350 e. The second-order valence-electron chi connectivity index (χ2n) is 9.84. The van der Waals surface area contributed by atoms with Crippen molar-refractivity contribution in [3.63, 3.8) is 0 Å². The average molecular weight is 577 g/mol. The van der Waals surface area contributed by atoms with E-state index in [1.807, 2.05) is 51.1 Å². The number of rotatable bonds is 9. The molecule has 202 valence electrons. The van der Waals surface area contributed by atoms with Gasteiger partial charge in [-0.05, 0) is 63.6 Å². The van der Waals surface area contributed by atoms with Gasteiger partial charge in [0.1, 0.15) is 12.6 Å². The molecule has 0 aliphatic heterocycles. The van der Waals surface area contributed by atoms with Crippen molar-refractivity contribution in [2.45, 2.75) is 50.7 Å². The first kappa shape index (κ1) is 29.5. The predicted octanol–water partition coefficient (Wildman–Crippen LogP) is 5.52. The van der Waals surface area contributed by atoms with Crippen LogP contribution < -0.4 is 9.62 Å². The molecule has 38 heavy (non-hydrogen) atoms. The van der Waals surface area contributed by atoms with Gasteiger partial charge in [-0.15, -0.1) is 0 Å². The Kier molecular flexibility index (Phi) is 9.46. The number of amides is 2. The van der Waals surface area contributed by atoms with Crippen LogP contribution in [0.3, 0.4) is 0 Å². The third kappa shape index (κ3) is 7.49. The fourth-order valence-corrected chi connectivity index (χ4v) is 5.63. The highest BCUT2D eigenvalue weighted by atomic mass is 35.5. The molecule has 2 amide bonds. The predicted molar refractivity (Wildman–Crippen MR) is 152 cm³/mol. The van der Waals surface area contributed by atoms with Crippen LogP contribution in [0.1, 0.15) is 33.3 Å². The molecule has 1 unspecified atom stereocenters. The molecular weight excluding hydrogens is 545 g/mol. The summed E-state index contributed by atoms with van der Waals surface area (Å²) in [6.07, 6.45) is 0. The van der Waals surface area contributed by atoms with Gasteiger partial charge in [-0.2, -0.15) is 0 Å². The van der Waals surface area contributed by atoms with Gasteiger partial charge in [-0.1, -0.05) is 71.7 Å². The van der Waals surface area contributed by atoms with E-state index in [4.69, 9.17) is 23.2 Å². The summed E-state index contributed by atoms with van der Waals surface area (Å²) in [5, 5.41) is 3.25. The number of anilines is 1. The zero-order valence-corrected chi connectivity index (χ0v) is 24.0. The maximum absolute atomic E-state index is 13.9. The SMILES string of the molecule is CC(C(=O)NC(C)(C)C)N(Cc1ccccc1)C(=O)CN(c1cc(Cl)ccc1Cl)S(=O)(=O)c1ccccc1. The number of sulfonamides is 1. The first-order chi connectivity index (χ1) is 17.8. The Balaban J connectivity index is 2.06. The molecule has 0 radical (unpaired) electrons. The molecule has 3 rings (SSSR count). The van der Waals surface area contributed by atoms with Crippen LogP contribution in [0.15, 0.2) is 83.8 Å². The molecule has 0 fully saturated rings. The van der Waals surface area contributed by atoms with E-state index < -0.39 is 34.1 Å². The van der Waals surface area contributed by atoms with E-state index in [1.54, 1.807) is 25.1 Å². The first-order valence-electron chi connectivity index (χ1n) is 12.0. The molecule has 0 saturated carbocycles. The molecule has 3 aromatic carbocycles. The van der Waals surface area contributed by atoms with Crippen molar-refractivity contribution in [3.8, 4) is 0 Å². The van der Waals surface area contributed by atoms with Crippen molar-refractivity contribution >= 4 is 50.7 Å². The average Bonchev–Trinajstić information content (AvgIpc) is 2.87. The molecule has 0 aliphatic carbocycles. The number of nitrogens with one attached hydrogen (secondary N) is 1. The van der Waals surface area contributed by atoms with E-state index in [0.29, 0.717) is 0 Å². The van der Waals surface area contributed by atoms with E-state index in [0.717, 1.165) is 9.87 Å². The smallest absolute Gasteiger partial charge is 0.264 e. The maximum atomic E-state index is 13.9. The van der Waals surface area contributed by atoms with Gasteiger partial charge in [0.15, 0.2) is 0 Å². The van der Waals surface area contributed by atoms with Gasteiger partial charge in [-0.3, -0.25) is 13.9 Å². The summed E-state index contributed by atoms with van der Waals surface area (Å²) in [4.78, 5) is 28.3. The summed E-state index contributed by atoms with van der Waals surface area (Å²) in [6, 6.07) is 20.4. The zero-order valence-electron chi connectivity index (χ0n) is 21.7. The van der Waals surface area contributed by atoms with Crippen molar-refractivity contribution in [2.24, 2.45) is 0 Å². The van der Waals surface area contributed by atoms with Crippen LogP contribution in [-0.2, 0) is 26.2 Å². The Morgan fingerprint density at radius 1 is 0.921 bits per heavy atom. The first-order valence-corrected chi connectivity index (χ1v) is 14.2. The topological polar surface area (TPSA) is 86.8 Å². The molecule has 0 bridgehead atoms. The van der Waals surface area contributed by atoms with Gasteiger partial charge >= 0.3 is 0 Å². The maximum Gasteiger partial charge on any atom is 0.264 e. The van der Waals surface area contributed by atoms with E-state index in [2.05, 4.69) is 5.32 Å². The van der Waals surface area contributed by atoms with Gasteiger partial charge in [-0.25, -0.2) is 8.42 Å². The number of halogens is 2. The van der Waals surface area contributed by atoms with Gasteiger partial charge < -0.3 is 10.2 Å². The van der Waals surface area contributed by atoms with Crippen molar-refractivity contribution < 1.29 is 18.0 Å². The molecule has 3 aromatic rings. The molecule has 1 atom stereocenters. The second kappa shape index (κ2) is 12.2. The minimum absolute atomic E-state index is 0.0167. The number of hydrogen-bond acceptors (Lipinski definition) is 4. The highest BCUT2D eigenvalue weighted by Crippen LogP contribution is 2.33. The highest BCUT2D eigenvalue weighted by Gasteiger charge is 2.34. The zero-order chi connectivity index (χ0) is 28.1. The summed E-state index contributed by atoms with van der Waals surface area (Å²) >= 11 is 12.6. The van der Waals surface area contributed by atoms with Crippen LogP contribution in [0.5, 0.6) is 0 Å². The lowest BCUT2D eigenvalue weighted by Gasteiger charge is -2.33. The van der Waals surface area contributed by atoms with Crippen LogP contribution in [0, 0.1) is 0 Å². The van der Waals surface area contributed by atoms with Gasteiger partial charge in [0.25, 0.3) is 10.0 Å². The molecule has 0 heterocycles. The van der Waals surface area contributed by atoms with Crippen molar-refractivity contribution in [1.82, 2.24) is 10.2 Å². The van der Waals surface area contributed by atoms with Gasteiger partial charge in [0.2, 0.25) is 11.8 Å². The lowest BCUT2D eigenvalue weighted by atomic mass is 10.1. The number of carbonyl (C=O) groups is 2. The second-order valence-corrected chi connectivity index (χ2v) is 12.5. The summed E-state index contributed by atoms with van der Waals surface area (Å²) in [5.74, 6) is -0.944. The van der Waals surface area contributed by atoms with Gasteiger partial charge in [0, 0.05) is 17.1 Å². The normalized spacial score (nSPS) is 12.5. The van der Waals surface area contributed by atoms with E-state index in [-0.39, 0.29) is 33.1 Å².